The average Bonchev–Trinajstić information content (AvgIpc) is 3.13. The third kappa shape index (κ3) is 2.65. The van der Waals surface area contributed by atoms with E-state index in [1.54, 1.807) is 17.5 Å². The Balaban J connectivity index is 1.84. The Morgan fingerprint density at radius 1 is 1.39 bits per heavy atom. The van der Waals surface area contributed by atoms with Crippen molar-refractivity contribution in [2.75, 3.05) is 4.90 Å². The first kappa shape index (κ1) is 11.9. The first-order valence-electron chi connectivity index (χ1n) is 6.01. The van der Waals surface area contributed by atoms with E-state index in [1.165, 1.54) is 18.4 Å². The summed E-state index contributed by atoms with van der Waals surface area (Å²) in [5, 5.41) is 4.30. The first-order valence-corrected chi connectivity index (χ1v) is 7.49. The van der Waals surface area contributed by atoms with Crippen LogP contribution in [0.4, 0.5) is 5.82 Å². The highest BCUT2D eigenvalue weighted by Gasteiger charge is 2.30. The van der Waals surface area contributed by atoms with Crippen molar-refractivity contribution in [3.63, 3.8) is 0 Å². The van der Waals surface area contributed by atoms with Crippen molar-refractivity contribution in [1.82, 2.24) is 9.97 Å². The topological polar surface area (TPSA) is 29.0 Å². The molecule has 3 rings (SSSR count). The van der Waals surface area contributed by atoms with E-state index in [-0.39, 0.29) is 0 Å². The van der Waals surface area contributed by atoms with Gasteiger partial charge in [0.25, 0.3) is 0 Å². The minimum absolute atomic E-state index is 0.414. The number of hydrogen-bond acceptors (Lipinski definition) is 4. The Morgan fingerprint density at radius 2 is 2.28 bits per heavy atom. The summed E-state index contributed by atoms with van der Waals surface area (Å²) < 4.78 is 0. The Labute approximate surface area is 115 Å². The van der Waals surface area contributed by atoms with Gasteiger partial charge < -0.3 is 4.90 Å². The normalized spacial score (nSPS) is 14.7. The second-order valence-corrected chi connectivity index (χ2v) is 5.54. The highest BCUT2D eigenvalue weighted by molar-refractivity contribution is 7.07. The fraction of sp³-hybridized carbons (Fsp3) is 0.385. The van der Waals surface area contributed by atoms with E-state index in [4.69, 9.17) is 11.6 Å². The number of nitrogens with zero attached hydrogens (tertiary/aromatic N) is 3. The van der Waals surface area contributed by atoms with Gasteiger partial charge in [-0.05, 0) is 35.2 Å². The van der Waals surface area contributed by atoms with Gasteiger partial charge in [0.05, 0.1) is 17.8 Å². The van der Waals surface area contributed by atoms with Gasteiger partial charge in [-0.1, -0.05) is 0 Å². The van der Waals surface area contributed by atoms with Crippen molar-refractivity contribution >= 4 is 28.8 Å². The molecule has 2 heterocycles. The smallest absolute Gasteiger partial charge is 0.147 e. The van der Waals surface area contributed by atoms with Gasteiger partial charge in [0, 0.05) is 18.8 Å². The van der Waals surface area contributed by atoms with Crippen LogP contribution >= 0.6 is 22.9 Å². The predicted octanol–water partition coefficient (Wildman–Crippen LogP) is 3.45. The molecule has 0 N–H and O–H groups in total. The van der Waals surface area contributed by atoms with Crippen LogP contribution in [0, 0.1) is 0 Å². The first-order chi connectivity index (χ1) is 8.86. The molecule has 0 unspecified atom stereocenters. The molecule has 0 bridgehead atoms. The third-order valence-corrected chi connectivity index (χ3v) is 4.03. The molecule has 5 heteroatoms. The van der Waals surface area contributed by atoms with Gasteiger partial charge in [0.2, 0.25) is 0 Å². The van der Waals surface area contributed by atoms with Crippen LogP contribution in [-0.4, -0.2) is 16.0 Å². The fourth-order valence-electron chi connectivity index (χ4n) is 1.96. The summed E-state index contributed by atoms with van der Waals surface area (Å²) in [5.41, 5.74) is 2.18. The molecule has 1 saturated carbocycles. The molecule has 1 aliphatic rings. The lowest BCUT2D eigenvalue weighted by atomic mass is 10.3. The molecule has 3 nitrogen and oxygen atoms in total. The number of hydrogen-bond donors (Lipinski definition) is 0. The van der Waals surface area contributed by atoms with Crippen molar-refractivity contribution in [2.24, 2.45) is 0 Å². The minimum Gasteiger partial charge on any atom is -0.348 e. The highest BCUT2D eigenvalue weighted by atomic mass is 35.5. The standard InChI is InChI=1S/C13H14ClN3S/c14-5-11-6-15-7-13(16-11)17(12-1-2-12)8-10-3-4-18-9-10/h3-4,6-7,9,12H,1-2,5,8H2. The van der Waals surface area contributed by atoms with Gasteiger partial charge in [-0.2, -0.15) is 11.3 Å². The molecule has 1 fully saturated rings. The second kappa shape index (κ2) is 5.24. The lowest BCUT2D eigenvalue weighted by Crippen LogP contribution is -2.26. The summed E-state index contributed by atoms with van der Waals surface area (Å²) in [6.45, 7) is 0.911. The van der Waals surface area contributed by atoms with Crippen LogP contribution in [-0.2, 0) is 12.4 Å². The Hall–Kier alpha value is -1.13. The van der Waals surface area contributed by atoms with Crippen molar-refractivity contribution in [2.45, 2.75) is 31.3 Å². The summed E-state index contributed by atoms with van der Waals surface area (Å²) in [4.78, 5) is 11.1. The third-order valence-electron chi connectivity index (χ3n) is 3.02. The number of anilines is 1. The fourth-order valence-corrected chi connectivity index (χ4v) is 2.75. The molecule has 94 valence electrons. The summed E-state index contributed by atoms with van der Waals surface area (Å²) in [5.74, 6) is 1.36. The van der Waals surface area contributed by atoms with E-state index in [2.05, 4.69) is 31.7 Å². The van der Waals surface area contributed by atoms with Crippen molar-refractivity contribution < 1.29 is 0 Å². The van der Waals surface area contributed by atoms with Gasteiger partial charge in [-0.25, -0.2) is 4.98 Å². The van der Waals surface area contributed by atoms with Crippen molar-refractivity contribution in [3.05, 3.63) is 40.5 Å². The quantitative estimate of drug-likeness (QED) is 0.785. The highest BCUT2D eigenvalue weighted by Crippen LogP contribution is 2.32. The molecule has 2 aromatic heterocycles. The Kier molecular flexibility index (Phi) is 3.48. The summed E-state index contributed by atoms with van der Waals surface area (Å²) in [7, 11) is 0. The van der Waals surface area contributed by atoms with Crippen molar-refractivity contribution in [3.8, 4) is 0 Å². The molecule has 0 aliphatic heterocycles. The van der Waals surface area contributed by atoms with Gasteiger partial charge in [0.1, 0.15) is 5.82 Å². The largest absolute Gasteiger partial charge is 0.348 e. The zero-order valence-electron chi connectivity index (χ0n) is 9.92. The van der Waals surface area contributed by atoms with Crippen LogP contribution in [0.25, 0.3) is 0 Å². The number of aromatic nitrogens is 2. The lowest BCUT2D eigenvalue weighted by molar-refractivity contribution is 0.772. The second-order valence-electron chi connectivity index (χ2n) is 4.49. The molecule has 0 amide bonds. The van der Waals surface area contributed by atoms with Gasteiger partial charge in [-0.3, -0.25) is 4.98 Å². The number of halogens is 1. The average molecular weight is 280 g/mol. The molecule has 18 heavy (non-hydrogen) atoms. The molecule has 1 aliphatic carbocycles. The Bertz CT molecular complexity index is 511. The number of alkyl halides is 1. The molecule has 0 aromatic carbocycles. The maximum absolute atomic E-state index is 5.82. The lowest BCUT2D eigenvalue weighted by Gasteiger charge is -2.23. The molecule has 0 radical (unpaired) electrons. The molecular formula is C13H14ClN3S. The monoisotopic (exact) mass is 279 g/mol. The Morgan fingerprint density at radius 3 is 2.94 bits per heavy atom. The van der Waals surface area contributed by atoms with E-state index < -0.39 is 0 Å². The van der Waals surface area contributed by atoms with Crippen molar-refractivity contribution in [1.29, 1.82) is 0 Å². The van der Waals surface area contributed by atoms with Crippen LogP contribution in [0.2, 0.25) is 0 Å². The van der Waals surface area contributed by atoms with Crippen LogP contribution in [0.15, 0.2) is 29.2 Å². The summed E-state index contributed by atoms with van der Waals surface area (Å²) in [6, 6.07) is 2.78. The number of thiophene rings is 1. The van der Waals surface area contributed by atoms with Crippen LogP contribution in [0.1, 0.15) is 24.1 Å². The van der Waals surface area contributed by atoms with E-state index >= 15 is 0 Å². The van der Waals surface area contributed by atoms with E-state index in [0.717, 1.165) is 18.1 Å². The van der Waals surface area contributed by atoms with Gasteiger partial charge in [0.15, 0.2) is 0 Å². The molecular weight excluding hydrogens is 266 g/mol. The van der Waals surface area contributed by atoms with Crippen LogP contribution in [0.3, 0.4) is 0 Å². The van der Waals surface area contributed by atoms with E-state index in [0.29, 0.717) is 11.9 Å². The summed E-state index contributed by atoms with van der Waals surface area (Å²) >= 11 is 7.55. The maximum Gasteiger partial charge on any atom is 0.147 e. The minimum atomic E-state index is 0.414. The summed E-state index contributed by atoms with van der Waals surface area (Å²) in [6.07, 6.45) is 6.06. The van der Waals surface area contributed by atoms with Crippen LogP contribution in [0.5, 0.6) is 0 Å². The molecule has 0 saturated heterocycles. The zero-order valence-corrected chi connectivity index (χ0v) is 11.5. The SMILES string of the molecule is ClCc1cncc(N(Cc2ccsc2)C2CC2)n1. The zero-order chi connectivity index (χ0) is 12.4. The van der Waals surface area contributed by atoms with Gasteiger partial charge in [-0.15, -0.1) is 11.6 Å². The molecule has 0 spiro atoms. The van der Waals surface area contributed by atoms with E-state index in [1.807, 2.05) is 6.20 Å². The predicted molar refractivity (Wildman–Crippen MR) is 75.1 cm³/mol. The van der Waals surface area contributed by atoms with Gasteiger partial charge >= 0.3 is 0 Å². The molecule has 2 aromatic rings. The maximum atomic E-state index is 5.82. The number of rotatable bonds is 5. The van der Waals surface area contributed by atoms with Crippen LogP contribution < -0.4 is 4.90 Å². The van der Waals surface area contributed by atoms with E-state index in [9.17, 15) is 0 Å². The molecule has 0 atom stereocenters.